The summed E-state index contributed by atoms with van der Waals surface area (Å²) in [5.74, 6) is -2.47. The van der Waals surface area contributed by atoms with Crippen molar-refractivity contribution in [2.24, 2.45) is 4.99 Å². The van der Waals surface area contributed by atoms with E-state index in [1.165, 1.54) is 17.2 Å². The molecule has 2 aliphatic heterocycles. The molecule has 2 amide bonds. The van der Waals surface area contributed by atoms with Crippen molar-refractivity contribution in [2.45, 2.75) is 18.8 Å². The van der Waals surface area contributed by atoms with Gasteiger partial charge in [-0.3, -0.25) is 9.59 Å². The van der Waals surface area contributed by atoms with E-state index in [9.17, 15) is 9.59 Å². The van der Waals surface area contributed by atoms with Gasteiger partial charge in [-0.2, -0.15) is 4.99 Å². The SMILES string of the molecule is O=C(N=C1NCCN1)c1cc(F)c(Nc2nccc(C(=O)N3CCOCC3)c2F)c(C2CC2)c1. The van der Waals surface area contributed by atoms with Crippen LogP contribution in [-0.4, -0.2) is 67.1 Å². The van der Waals surface area contributed by atoms with Crippen molar-refractivity contribution < 1.29 is 23.1 Å². The molecule has 5 rings (SSSR count). The van der Waals surface area contributed by atoms with Gasteiger partial charge in [-0.1, -0.05) is 0 Å². The van der Waals surface area contributed by atoms with Gasteiger partial charge in [0.05, 0.1) is 24.5 Å². The number of aliphatic imine (C=N–C) groups is 1. The van der Waals surface area contributed by atoms with Crippen LogP contribution < -0.4 is 16.0 Å². The third-order valence-corrected chi connectivity index (χ3v) is 5.97. The summed E-state index contributed by atoms with van der Waals surface area (Å²) >= 11 is 0. The van der Waals surface area contributed by atoms with Crippen LogP contribution >= 0.6 is 0 Å². The fourth-order valence-electron chi connectivity index (χ4n) is 4.02. The van der Waals surface area contributed by atoms with Gasteiger partial charge in [0.15, 0.2) is 17.6 Å². The van der Waals surface area contributed by atoms with E-state index in [2.05, 4.69) is 25.9 Å². The third-order valence-electron chi connectivity index (χ3n) is 5.97. The number of ether oxygens (including phenoxy) is 1. The van der Waals surface area contributed by atoms with E-state index in [4.69, 9.17) is 4.74 Å². The summed E-state index contributed by atoms with van der Waals surface area (Å²) in [4.78, 5) is 34.8. The molecule has 0 radical (unpaired) electrons. The molecule has 0 atom stereocenters. The Morgan fingerprint density at radius 2 is 1.88 bits per heavy atom. The number of morpholine rings is 1. The molecule has 34 heavy (non-hydrogen) atoms. The second kappa shape index (κ2) is 9.34. The van der Waals surface area contributed by atoms with Crippen LogP contribution in [0.15, 0.2) is 29.4 Å². The van der Waals surface area contributed by atoms with Crippen LogP contribution in [0.3, 0.4) is 0 Å². The summed E-state index contributed by atoms with van der Waals surface area (Å²) < 4.78 is 35.7. The molecule has 3 heterocycles. The van der Waals surface area contributed by atoms with Crippen LogP contribution in [0.25, 0.3) is 0 Å². The second-order valence-corrected chi connectivity index (χ2v) is 8.37. The van der Waals surface area contributed by atoms with Gasteiger partial charge in [0.25, 0.3) is 11.8 Å². The number of amides is 2. The van der Waals surface area contributed by atoms with Crippen LogP contribution in [0, 0.1) is 11.6 Å². The van der Waals surface area contributed by atoms with Crippen molar-refractivity contribution in [2.75, 3.05) is 44.7 Å². The van der Waals surface area contributed by atoms with Gasteiger partial charge in [0.1, 0.15) is 5.82 Å². The summed E-state index contributed by atoms with van der Waals surface area (Å²) in [6.07, 6.45) is 2.97. The monoisotopic (exact) mass is 470 g/mol. The smallest absolute Gasteiger partial charge is 0.280 e. The number of guanidine groups is 1. The number of nitrogens with one attached hydrogen (secondary N) is 3. The first kappa shape index (κ1) is 22.2. The molecular weight excluding hydrogens is 446 g/mol. The zero-order chi connectivity index (χ0) is 23.7. The average Bonchev–Trinajstić information content (AvgIpc) is 3.57. The van der Waals surface area contributed by atoms with Crippen LogP contribution in [0.1, 0.15) is 45.0 Å². The predicted octanol–water partition coefficient (Wildman–Crippen LogP) is 2.14. The molecule has 3 aliphatic rings. The normalized spacial score (nSPS) is 17.7. The minimum absolute atomic E-state index is 0.0429. The van der Waals surface area contributed by atoms with Crippen LogP contribution in [0.5, 0.6) is 0 Å². The number of hydrogen-bond acceptors (Lipinski definition) is 5. The number of rotatable bonds is 5. The Hall–Kier alpha value is -3.60. The van der Waals surface area contributed by atoms with Crippen molar-refractivity contribution >= 4 is 29.3 Å². The van der Waals surface area contributed by atoms with Gasteiger partial charge >= 0.3 is 0 Å². The summed E-state index contributed by atoms with van der Waals surface area (Å²) in [6, 6.07) is 3.98. The largest absolute Gasteiger partial charge is 0.378 e. The first-order valence-corrected chi connectivity index (χ1v) is 11.2. The minimum atomic E-state index is -0.856. The summed E-state index contributed by atoms with van der Waals surface area (Å²) in [6.45, 7) is 2.83. The zero-order valence-electron chi connectivity index (χ0n) is 18.4. The molecule has 1 aliphatic carbocycles. The van der Waals surface area contributed by atoms with E-state index in [1.54, 1.807) is 6.07 Å². The topological polar surface area (TPSA) is 108 Å². The lowest BCUT2D eigenvalue weighted by atomic mass is 10.0. The standard InChI is InChI=1S/C23H24F2N6O3/c24-17-12-14(21(32)30-23-27-5-6-28-23)11-16(13-1-2-13)19(17)29-20-18(25)15(3-4-26-20)22(33)31-7-9-34-10-8-31/h3-4,11-13H,1-2,5-10H2,(H,26,29)(H2,27,28,30,32). The van der Waals surface area contributed by atoms with E-state index in [-0.39, 0.29) is 28.6 Å². The highest BCUT2D eigenvalue weighted by Crippen LogP contribution is 2.45. The molecule has 1 aromatic carbocycles. The molecule has 1 aromatic heterocycles. The second-order valence-electron chi connectivity index (χ2n) is 8.37. The molecular formula is C23H24F2N6O3. The van der Waals surface area contributed by atoms with Crippen molar-refractivity contribution in [1.82, 2.24) is 20.5 Å². The molecule has 2 saturated heterocycles. The predicted molar refractivity (Wildman–Crippen MR) is 120 cm³/mol. The molecule has 0 spiro atoms. The lowest BCUT2D eigenvalue weighted by Gasteiger charge is -2.27. The number of anilines is 2. The first-order valence-electron chi connectivity index (χ1n) is 11.2. The lowest BCUT2D eigenvalue weighted by molar-refractivity contribution is 0.0300. The van der Waals surface area contributed by atoms with E-state index >= 15 is 8.78 Å². The molecule has 11 heteroatoms. The molecule has 178 valence electrons. The van der Waals surface area contributed by atoms with Crippen molar-refractivity contribution in [3.05, 3.63) is 52.7 Å². The Balaban J connectivity index is 1.44. The Morgan fingerprint density at radius 3 is 2.59 bits per heavy atom. The highest BCUT2D eigenvalue weighted by molar-refractivity contribution is 6.03. The first-order chi connectivity index (χ1) is 16.5. The number of pyridine rings is 1. The maximum absolute atomic E-state index is 15.3. The Morgan fingerprint density at radius 1 is 1.15 bits per heavy atom. The van der Waals surface area contributed by atoms with E-state index < -0.39 is 23.4 Å². The fraction of sp³-hybridized carbons (Fsp3) is 0.391. The number of nitrogens with zero attached hydrogens (tertiary/aromatic N) is 3. The highest BCUT2D eigenvalue weighted by atomic mass is 19.1. The van der Waals surface area contributed by atoms with Crippen LogP contribution in [0.2, 0.25) is 0 Å². The Bertz CT molecular complexity index is 1150. The maximum atomic E-state index is 15.3. The number of benzene rings is 1. The van der Waals surface area contributed by atoms with E-state index in [0.717, 1.165) is 18.9 Å². The highest BCUT2D eigenvalue weighted by Gasteiger charge is 2.30. The molecule has 2 aromatic rings. The van der Waals surface area contributed by atoms with Gasteiger partial charge in [0.2, 0.25) is 0 Å². The number of carbonyl (C=O) groups is 2. The Kier molecular flexibility index (Phi) is 6.10. The quantitative estimate of drug-likeness (QED) is 0.615. The van der Waals surface area contributed by atoms with Gasteiger partial charge in [0, 0.05) is 37.9 Å². The third kappa shape index (κ3) is 4.56. The van der Waals surface area contributed by atoms with Crippen molar-refractivity contribution in [3.63, 3.8) is 0 Å². The number of carbonyl (C=O) groups excluding carboxylic acids is 2. The van der Waals surface area contributed by atoms with Gasteiger partial charge < -0.3 is 25.6 Å². The van der Waals surface area contributed by atoms with Gasteiger partial charge in [-0.25, -0.2) is 13.8 Å². The number of halogens is 2. The summed E-state index contributed by atoms with van der Waals surface area (Å²) in [5, 5.41) is 8.61. The fourth-order valence-corrected chi connectivity index (χ4v) is 4.02. The lowest BCUT2D eigenvalue weighted by Crippen LogP contribution is -2.41. The van der Waals surface area contributed by atoms with Gasteiger partial charge in [-0.05, 0) is 42.5 Å². The average molecular weight is 470 g/mol. The number of hydrogen-bond donors (Lipinski definition) is 3. The summed E-state index contributed by atoms with van der Waals surface area (Å²) in [7, 11) is 0. The van der Waals surface area contributed by atoms with E-state index in [1.807, 2.05) is 0 Å². The number of aromatic nitrogens is 1. The Labute approximate surface area is 194 Å². The van der Waals surface area contributed by atoms with Crippen LogP contribution in [-0.2, 0) is 4.74 Å². The molecule has 1 saturated carbocycles. The van der Waals surface area contributed by atoms with Gasteiger partial charge in [-0.15, -0.1) is 0 Å². The molecule has 3 fully saturated rings. The van der Waals surface area contributed by atoms with Crippen molar-refractivity contribution in [1.29, 1.82) is 0 Å². The summed E-state index contributed by atoms with van der Waals surface area (Å²) in [5.41, 5.74) is 0.567. The van der Waals surface area contributed by atoms with Crippen molar-refractivity contribution in [3.8, 4) is 0 Å². The maximum Gasteiger partial charge on any atom is 0.280 e. The minimum Gasteiger partial charge on any atom is -0.378 e. The molecule has 0 unspecified atom stereocenters. The molecule has 0 bridgehead atoms. The molecule has 3 N–H and O–H groups in total. The zero-order valence-corrected chi connectivity index (χ0v) is 18.4. The molecule has 9 nitrogen and oxygen atoms in total. The van der Waals surface area contributed by atoms with E-state index in [0.29, 0.717) is 50.9 Å². The van der Waals surface area contributed by atoms with Crippen LogP contribution in [0.4, 0.5) is 20.3 Å².